The SMILES string of the molecule is Fc1ccc(-c2nn3cccnc3c2CCl)cc1. The molecule has 1 aromatic carbocycles. The molecular formula is C13H9ClFN3. The van der Waals surface area contributed by atoms with E-state index < -0.39 is 0 Å². The summed E-state index contributed by atoms with van der Waals surface area (Å²) in [6.07, 6.45) is 3.51. The van der Waals surface area contributed by atoms with Gasteiger partial charge in [-0.05, 0) is 30.3 Å². The minimum Gasteiger partial charge on any atom is -0.237 e. The Labute approximate surface area is 108 Å². The van der Waals surface area contributed by atoms with Gasteiger partial charge in [-0.25, -0.2) is 13.9 Å². The molecule has 0 fully saturated rings. The van der Waals surface area contributed by atoms with Crippen LogP contribution in [0.5, 0.6) is 0 Å². The molecule has 0 unspecified atom stereocenters. The number of benzene rings is 1. The topological polar surface area (TPSA) is 30.2 Å². The van der Waals surface area contributed by atoms with Crippen molar-refractivity contribution in [3.63, 3.8) is 0 Å². The molecule has 0 atom stereocenters. The van der Waals surface area contributed by atoms with Crippen molar-refractivity contribution in [3.8, 4) is 11.3 Å². The smallest absolute Gasteiger partial charge is 0.159 e. The van der Waals surface area contributed by atoms with Gasteiger partial charge in [0.1, 0.15) is 5.82 Å². The molecule has 2 aromatic heterocycles. The molecule has 0 aliphatic carbocycles. The Hall–Kier alpha value is -1.94. The molecule has 0 spiro atoms. The van der Waals surface area contributed by atoms with Crippen LogP contribution in [-0.2, 0) is 5.88 Å². The van der Waals surface area contributed by atoms with Crippen LogP contribution >= 0.6 is 11.6 Å². The average molecular weight is 262 g/mol. The van der Waals surface area contributed by atoms with Crippen LogP contribution in [0.1, 0.15) is 5.56 Å². The van der Waals surface area contributed by atoms with Gasteiger partial charge < -0.3 is 0 Å². The lowest BCUT2D eigenvalue weighted by atomic mass is 10.1. The Morgan fingerprint density at radius 2 is 2.00 bits per heavy atom. The summed E-state index contributed by atoms with van der Waals surface area (Å²) in [5, 5.41) is 4.43. The number of alkyl halides is 1. The van der Waals surface area contributed by atoms with Crippen molar-refractivity contribution < 1.29 is 4.39 Å². The normalized spacial score (nSPS) is 11.0. The summed E-state index contributed by atoms with van der Waals surface area (Å²) in [5.41, 5.74) is 3.15. The van der Waals surface area contributed by atoms with Gasteiger partial charge in [-0.1, -0.05) is 0 Å². The lowest BCUT2D eigenvalue weighted by Gasteiger charge is -1.98. The lowest BCUT2D eigenvalue weighted by molar-refractivity contribution is 0.628. The van der Waals surface area contributed by atoms with E-state index in [0.29, 0.717) is 5.88 Å². The fourth-order valence-corrected chi connectivity index (χ4v) is 2.14. The van der Waals surface area contributed by atoms with Gasteiger partial charge in [0.25, 0.3) is 0 Å². The Balaban J connectivity index is 2.25. The second-order valence-electron chi connectivity index (χ2n) is 3.86. The van der Waals surface area contributed by atoms with E-state index >= 15 is 0 Å². The van der Waals surface area contributed by atoms with Gasteiger partial charge in [0, 0.05) is 23.5 Å². The van der Waals surface area contributed by atoms with Crippen molar-refractivity contribution in [3.05, 3.63) is 54.1 Å². The van der Waals surface area contributed by atoms with E-state index in [9.17, 15) is 4.39 Å². The maximum absolute atomic E-state index is 12.9. The molecule has 0 aliphatic rings. The Kier molecular flexibility index (Phi) is 2.72. The largest absolute Gasteiger partial charge is 0.237 e. The monoisotopic (exact) mass is 261 g/mol. The van der Waals surface area contributed by atoms with E-state index in [0.717, 1.165) is 22.5 Å². The zero-order valence-corrected chi connectivity index (χ0v) is 10.1. The summed E-state index contributed by atoms with van der Waals surface area (Å²) in [7, 11) is 0. The first-order valence-electron chi connectivity index (χ1n) is 5.44. The predicted octanol–water partition coefficient (Wildman–Crippen LogP) is 3.27. The summed E-state index contributed by atoms with van der Waals surface area (Å²) in [6.45, 7) is 0. The minimum atomic E-state index is -0.270. The highest BCUT2D eigenvalue weighted by Crippen LogP contribution is 2.26. The van der Waals surface area contributed by atoms with Crippen LogP contribution in [0.15, 0.2) is 42.7 Å². The molecule has 5 heteroatoms. The second kappa shape index (κ2) is 4.38. The third-order valence-corrected chi connectivity index (χ3v) is 3.01. The van der Waals surface area contributed by atoms with Crippen LogP contribution in [0.4, 0.5) is 4.39 Å². The maximum atomic E-state index is 12.9. The minimum absolute atomic E-state index is 0.270. The highest BCUT2D eigenvalue weighted by atomic mass is 35.5. The van der Waals surface area contributed by atoms with Crippen molar-refractivity contribution in [1.29, 1.82) is 0 Å². The zero-order valence-electron chi connectivity index (χ0n) is 9.35. The molecule has 18 heavy (non-hydrogen) atoms. The van der Waals surface area contributed by atoms with Crippen molar-refractivity contribution in [2.24, 2.45) is 0 Å². The van der Waals surface area contributed by atoms with E-state index in [1.54, 1.807) is 28.9 Å². The number of nitrogens with zero attached hydrogens (tertiary/aromatic N) is 3. The van der Waals surface area contributed by atoms with E-state index in [4.69, 9.17) is 11.6 Å². The fraction of sp³-hybridized carbons (Fsp3) is 0.0769. The molecule has 3 aromatic rings. The number of aromatic nitrogens is 3. The summed E-state index contributed by atoms with van der Waals surface area (Å²) in [5.74, 6) is 0.0424. The predicted molar refractivity (Wildman–Crippen MR) is 67.9 cm³/mol. The molecule has 0 saturated heterocycles. The summed E-state index contributed by atoms with van der Waals surface area (Å²) < 4.78 is 14.6. The molecule has 0 saturated carbocycles. The third-order valence-electron chi connectivity index (χ3n) is 2.74. The first kappa shape index (κ1) is 11.2. The summed E-state index contributed by atoms with van der Waals surface area (Å²) in [6, 6.07) is 7.99. The maximum Gasteiger partial charge on any atom is 0.159 e. The van der Waals surface area contributed by atoms with Gasteiger partial charge in [0.05, 0.1) is 11.6 Å². The van der Waals surface area contributed by atoms with Gasteiger partial charge in [0.2, 0.25) is 0 Å². The molecule has 0 aliphatic heterocycles. The highest BCUT2D eigenvalue weighted by molar-refractivity contribution is 6.18. The van der Waals surface area contributed by atoms with E-state index in [1.807, 2.05) is 6.20 Å². The molecule has 0 amide bonds. The molecular weight excluding hydrogens is 253 g/mol. The van der Waals surface area contributed by atoms with Crippen molar-refractivity contribution in [2.45, 2.75) is 5.88 Å². The van der Waals surface area contributed by atoms with Gasteiger partial charge >= 0.3 is 0 Å². The molecule has 0 radical (unpaired) electrons. The van der Waals surface area contributed by atoms with Crippen LogP contribution in [0, 0.1) is 5.82 Å². The van der Waals surface area contributed by atoms with Crippen molar-refractivity contribution in [1.82, 2.24) is 14.6 Å². The molecule has 90 valence electrons. The van der Waals surface area contributed by atoms with Crippen LogP contribution in [-0.4, -0.2) is 14.6 Å². The Morgan fingerprint density at radius 1 is 1.22 bits per heavy atom. The number of rotatable bonds is 2. The number of hydrogen-bond donors (Lipinski definition) is 0. The number of hydrogen-bond acceptors (Lipinski definition) is 2. The zero-order chi connectivity index (χ0) is 12.5. The first-order chi connectivity index (χ1) is 8.79. The molecule has 3 rings (SSSR count). The summed E-state index contributed by atoms with van der Waals surface area (Å²) >= 11 is 5.97. The molecule has 3 nitrogen and oxygen atoms in total. The van der Waals surface area contributed by atoms with Gasteiger partial charge in [-0.2, -0.15) is 5.10 Å². The lowest BCUT2D eigenvalue weighted by Crippen LogP contribution is -1.87. The van der Waals surface area contributed by atoms with Crippen LogP contribution in [0.2, 0.25) is 0 Å². The van der Waals surface area contributed by atoms with Crippen LogP contribution in [0.25, 0.3) is 16.9 Å². The van der Waals surface area contributed by atoms with E-state index in [1.165, 1.54) is 12.1 Å². The van der Waals surface area contributed by atoms with E-state index in [-0.39, 0.29) is 5.82 Å². The Morgan fingerprint density at radius 3 is 2.72 bits per heavy atom. The van der Waals surface area contributed by atoms with E-state index in [2.05, 4.69) is 10.1 Å². The fourth-order valence-electron chi connectivity index (χ4n) is 1.90. The Bertz CT molecular complexity index is 691. The highest BCUT2D eigenvalue weighted by Gasteiger charge is 2.14. The molecule has 2 heterocycles. The summed E-state index contributed by atoms with van der Waals surface area (Å²) in [4.78, 5) is 4.26. The van der Waals surface area contributed by atoms with Gasteiger partial charge in [0.15, 0.2) is 5.65 Å². The molecule has 0 bridgehead atoms. The third kappa shape index (κ3) is 1.75. The molecule has 0 N–H and O–H groups in total. The number of fused-ring (bicyclic) bond motifs is 1. The number of halogens is 2. The average Bonchev–Trinajstić information content (AvgIpc) is 2.78. The standard InChI is InChI=1S/C13H9ClFN3/c14-8-11-12(9-2-4-10(15)5-3-9)17-18-7-1-6-16-13(11)18/h1-7H,8H2. The quantitative estimate of drug-likeness (QED) is 0.663. The van der Waals surface area contributed by atoms with Crippen LogP contribution < -0.4 is 0 Å². The van der Waals surface area contributed by atoms with Crippen molar-refractivity contribution in [2.75, 3.05) is 0 Å². The van der Waals surface area contributed by atoms with Crippen LogP contribution in [0.3, 0.4) is 0 Å². The second-order valence-corrected chi connectivity index (χ2v) is 4.12. The van der Waals surface area contributed by atoms with Crippen molar-refractivity contribution >= 4 is 17.2 Å². The van der Waals surface area contributed by atoms with Gasteiger partial charge in [-0.3, -0.25) is 0 Å². The first-order valence-corrected chi connectivity index (χ1v) is 5.97. The van der Waals surface area contributed by atoms with Gasteiger partial charge in [-0.15, -0.1) is 11.6 Å².